The minimum atomic E-state index is -0.394. The number of rotatable bonds is 5. The van der Waals surface area contributed by atoms with Gasteiger partial charge >= 0.3 is 0 Å². The predicted octanol–water partition coefficient (Wildman–Crippen LogP) is 4.53. The molecule has 0 radical (unpaired) electrons. The summed E-state index contributed by atoms with van der Waals surface area (Å²) in [5, 5.41) is 7.31. The lowest BCUT2D eigenvalue weighted by Gasteiger charge is -2.19. The van der Waals surface area contributed by atoms with Crippen LogP contribution >= 0.6 is 0 Å². The Labute approximate surface area is 162 Å². The molecule has 4 aromatic rings. The fourth-order valence-electron chi connectivity index (χ4n) is 3.04. The number of aromatic nitrogens is 2. The minimum Gasteiger partial charge on any atom is -0.341 e. The van der Waals surface area contributed by atoms with Gasteiger partial charge < -0.3 is 5.32 Å². The van der Waals surface area contributed by atoms with Crippen molar-refractivity contribution in [1.82, 2.24) is 15.1 Å². The van der Waals surface area contributed by atoms with Crippen LogP contribution in [0.15, 0.2) is 97.3 Å². The SMILES string of the molecule is O=C(NC(c1ccccc1)c1ccc(F)cc1)c1cnn(-c2ccccc2)c1. The highest BCUT2D eigenvalue weighted by atomic mass is 19.1. The van der Waals surface area contributed by atoms with Crippen LogP contribution in [0.2, 0.25) is 0 Å². The third kappa shape index (κ3) is 3.83. The summed E-state index contributed by atoms with van der Waals surface area (Å²) in [7, 11) is 0. The lowest BCUT2D eigenvalue weighted by Crippen LogP contribution is -2.29. The van der Waals surface area contributed by atoms with E-state index in [2.05, 4.69) is 10.4 Å². The molecule has 28 heavy (non-hydrogen) atoms. The molecule has 1 heterocycles. The minimum absolute atomic E-state index is 0.250. The Kier molecular flexibility index (Phi) is 4.97. The molecule has 1 aromatic heterocycles. The first kappa shape index (κ1) is 17.7. The van der Waals surface area contributed by atoms with E-state index in [0.717, 1.165) is 16.8 Å². The van der Waals surface area contributed by atoms with E-state index in [1.165, 1.54) is 18.3 Å². The number of hydrogen-bond acceptors (Lipinski definition) is 2. The largest absolute Gasteiger partial charge is 0.341 e. The van der Waals surface area contributed by atoms with Gasteiger partial charge in [-0.3, -0.25) is 4.79 Å². The molecule has 0 bridgehead atoms. The Bertz CT molecular complexity index is 1060. The molecule has 138 valence electrons. The van der Waals surface area contributed by atoms with E-state index < -0.39 is 6.04 Å². The number of halogens is 1. The molecule has 0 fully saturated rings. The molecule has 4 nitrogen and oxygen atoms in total. The smallest absolute Gasteiger partial charge is 0.255 e. The third-order valence-electron chi connectivity index (χ3n) is 4.48. The zero-order valence-electron chi connectivity index (χ0n) is 15.0. The Hall–Kier alpha value is -3.73. The fraction of sp³-hybridized carbons (Fsp3) is 0.0435. The van der Waals surface area contributed by atoms with Crippen LogP contribution in [0.5, 0.6) is 0 Å². The molecule has 0 aliphatic heterocycles. The quantitative estimate of drug-likeness (QED) is 0.560. The van der Waals surface area contributed by atoms with Gasteiger partial charge in [0.05, 0.1) is 23.5 Å². The second-order valence-corrected chi connectivity index (χ2v) is 6.38. The van der Waals surface area contributed by atoms with Gasteiger partial charge in [-0.05, 0) is 35.4 Å². The van der Waals surface area contributed by atoms with Crippen LogP contribution in [0.1, 0.15) is 27.5 Å². The zero-order valence-corrected chi connectivity index (χ0v) is 15.0. The first-order valence-electron chi connectivity index (χ1n) is 8.92. The highest BCUT2D eigenvalue weighted by Gasteiger charge is 2.19. The van der Waals surface area contributed by atoms with Crippen LogP contribution in [-0.2, 0) is 0 Å². The molecule has 5 heteroatoms. The molecule has 1 N–H and O–H groups in total. The van der Waals surface area contributed by atoms with E-state index in [0.29, 0.717) is 5.56 Å². The average molecular weight is 371 g/mol. The maximum Gasteiger partial charge on any atom is 0.255 e. The van der Waals surface area contributed by atoms with Crippen LogP contribution in [0.4, 0.5) is 4.39 Å². The predicted molar refractivity (Wildman–Crippen MR) is 106 cm³/mol. The molecule has 4 rings (SSSR count). The van der Waals surface area contributed by atoms with Gasteiger partial charge in [0.15, 0.2) is 0 Å². The number of carbonyl (C=O) groups is 1. The summed E-state index contributed by atoms with van der Waals surface area (Å²) in [6, 6.07) is 24.9. The lowest BCUT2D eigenvalue weighted by atomic mass is 9.98. The van der Waals surface area contributed by atoms with Crippen LogP contribution in [0, 0.1) is 5.82 Å². The maximum atomic E-state index is 13.3. The van der Waals surface area contributed by atoms with Gasteiger partial charge in [0.2, 0.25) is 0 Å². The maximum absolute atomic E-state index is 13.3. The topological polar surface area (TPSA) is 46.9 Å². The molecule has 1 amide bonds. The van der Waals surface area contributed by atoms with Crippen LogP contribution in [-0.4, -0.2) is 15.7 Å². The van der Waals surface area contributed by atoms with Gasteiger partial charge in [0.25, 0.3) is 5.91 Å². The molecule has 0 saturated carbocycles. The highest BCUT2D eigenvalue weighted by Crippen LogP contribution is 2.23. The van der Waals surface area contributed by atoms with E-state index >= 15 is 0 Å². The number of para-hydroxylation sites is 1. The van der Waals surface area contributed by atoms with Gasteiger partial charge in [-0.1, -0.05) is 60.7 Å². The van der Waals surface area contributed by atoms with E-state index in [1.807, 2.05) is 60.7 Å². The van der Waals surface area contributed by atoms with Crippen LogP contribution in [0.3, 0.4) is 0 Å². The Balaban J connectivity index is 1.61. The van der Waals surface area contributed by atoms with E-state index in [4.69, 9.17) is 0 Å². The second-order valence-electron chi connectivity index (χ2n) is 6.38. The Morgan fingerprint density at radius 2 is 1.46 bits per heavy atom. The Morgan fingerprint density at radius 1 is 0.857 bits per heavy atom. The van der Waals surface area contributed by atoms with Crippen LogP contribution in [0.25, 0.3) is 5.69 Å². The van der Waals surface area contributed by atoms with Gasteiger partial charge in [-0.2, -0.15) is 5.10 Å². The van der Waals surface area contributed by atoms with E-state index in [-0.39, 0.29) is 11.7 Å². The summed E-state index contributed by atoms with van der Waals surface area (Å²) < 4.78 is 15.0. The highest BCUT2D eigenvalue weighted by molar-refractivity contribution is 5.94. The third-order valence-corrected chi connectivity index (χ3v) is 4.48. The van der Waals surface area contributed by atoms with Crippen molar-refractivity contribution < 1.29 is 9.18 Å². The van der Waals surface area contributed by atoms with Crippen molar-refractivity contribution in [3.63, 3.8) is 0 Å². The average Bonchev–Trinajstić information content (AvgIpc) is 3.24. The summed E-state index contributed by atoms with van der Waals surface area (Å²) in [5.74, 6) is -0.564. The first-order valence-corrected chi connectivity index (χ1v) is 8.92. The number of benzene rings is 3. The molecular formula is C23H18FN3O. The van der Waals surface area contributed by atoms with Crippen molar-refractivity contribution in [1.29, 1.82) is 0 Å². The van der Waals surface area contributed by atoms with Crippen molar-refractivity contribution in [3.8, 4) is 5.69 Å². The summed E-state index contributed by atoms with van der Waals surface area (Å²) in [4.78, 5) is 12.9. The van der Waals surface area contributed by atoms with Gasteiger partial charge in [-0.25, -0.2) is 9.07 Å². The molecule has 0 spiro atoms. The van der Waals surface area contributed by atoms with Crippen molar-refractivity contribution in [2.75, 3.05) is 0 Å². The van der Waals surface area contributed by atoms with Crippen molar-refractivity contribution in [2.45, 2.75) is 6.04 Å². The van der Waals surface area contributed by atoms with Crippen molar-refractivity contribution in [3.05, 3.63) is 120 Å². The number of amides is 1. The van der Waals surface area contributed by atoms with Crippen molar-refractivity contribution >= 4 is 5.91 Å². The number of nitrogens with zero attached hydrogens (tertiary/aromatic N) is 2. The number of carbonyl (C=O) groups excluding carboxylic acids is 1. The molecule has 1 unspecified atom stereocenters. The van der Waals surface area contributed by atoms with E-state index in [9.17, 15) is 9.18 Å². The summed E-state index contributed by atoms with van der Waals surface area (Å²) >= 11 is 0. The monoisotopic (exact) mass is 371 g/mol. The zero-order chi connectivity index (χ0) is 19.3. The summed E-state index contributed by atoms with van der Waals surface area (Å²) in [6.45, 7) is 0. The fourth-order valence-corrected chi connectivity index (χ4v) is 3.04. The molecule has 3 aromatic carbocycles. The molecule has 1 atom stereocenters. The van der Waals surface area contributed by atoms with Crippen molar-refractivity contribution in [2.24, 2.45) is 0 Å². The standard InChI is InChI=1S/C23H18FN3O/c24-20-13-11-18(12-14-20)22(17-7-3-1-4-8-17)26-23(28)19-15-25-27(16-19)21-9-5-2-6-10-21/h1-16,22H,(H,26,28). The Morgan fingerprint density at radius 3 is 2.14 bits per heavy atom. The van der Waals surface area contributed by atoms with Gasteiger partial charge in [-0.15, -0.1) is 0 Å². The molecular weight excluding hydrogens is 353 g/mol. The molecule has 0 aliphatic rings. The first-order chi connectivity index (χ1) is 13.7. The van der Waals surface area contributed by atoms with Crippen LogP contribution < -0.4 is 5.32 Å². The van der Waals surface area contributed by atoms with E-state index in [1.54, 1.807) is 23.0 Å². The number of hydrogen-bond donors (Lipinski definition) is 1. The molecule has 0 saturated heterocycles. The normalized spacial score (nSPS) is 11.8. The second kappa shape index (κ2) is 7.88. The number of nitrogens with one attached hydrogen (secondary N) is 1. The van der Waals surface area contributed by atoms with Gasteiger partial charge in [0.1, 0.15) is 5.82 Å². The summed E-state index contributed by atoms with van der Waals surface area (Å²) in [6.07, 6.45) is 3.23. The van der Waals surface area contributed by atoms with Gasteiger partial charge in [0, 0.05) is 6.20 Å². The molecule has 0 aliphatic carbocycles. The summed E-state index contributed by atoms with van der Waals surface area (Å²) in [5.41, 5.74) is 3.04. The lowest BCUT2D eigenvalue weighted by molar-refractivity contribution is 0.0943.